The SMILES string of the molecule is COC(=O)CCN(CC(C)C)C(=O)c1cnn(-c2cccc(C(F)(F)F)c2)c1C. The molecule has 0 aliphatic heterocycles. The third kappa shape index (κ3) is 5.58. The number of hydrogen-bond donors (Lipinski definition) is 0. The van der Waals surface area contributed by atoms with E-state index in [9.17, 15) is 22.8 Å². The average molecular weight is 411 g/mol. The van der Waals surface area contributed by atoms with Crippen LogP contribution in [0.3, 0.4) is 0 Å². The molecule has 0 N–H and O–H groups in total. The zero-order chi connectivity index (χ0) is 21.8. The highest BCUT2D eigenvalue weighted by molar-refractivity contribution is 5.95. The summed E-state index contributed by atoms with van der Waals surface area (Å²) in [7, 11) is 1.28. The van der Waals surface area contributed by atoms with Crippen molar-refractivity contribution in [1.29, 1.82) is 0 Å². The van der Waals surface area contributed by atoms with Crippen molar-refractivity contribution in [3.63, 3.8) is 0 Å². The molecule has 2 aromatic rings. The van der Waals surface area contributed by atoms with Gasteiger partial charge in [-0.2, -0.15) is 18.3 Å². The van der Waals surface area contributed by atoms with Crippen LogP contribution in [-0.4, -0.2) is 46.8 Å². The molecule has 2 rings (SSSR count). The van der Waals surface area contributed by atoms with Gasteiger partial charge in [0.2, 0.25) is 0 Å². The number of benzene rings is 1. The van der Waals surface area contributed by atoms with Gasteiger partial charge in [0, 0.05) is 13.1 Å². The normalized spacial score (nSPS) is 11.6. The van der Waals surface area contributed by atoms with Crippen molar-refractivity contribution in [3.8, 4) is 5.69 Å². The maximum Gasteiger partial charge on any atom is 0.416 e. The van der Waals surface area contributed by atoms with Gasteiger partial charge in [0.15, 0.2) is 0 Å². The van der Waals surface area contributed by atoms with Gasteiger partial charge in [-0.3, -0.25) is 9.59 Å². The smallest absolute Gasteiger partial charge is 0.416 e. The van der Waals surface area contributed by atoms with Crippen LogP contribution in [0.4, 0.5) is 13.2 Å². The maximum absolute atomic E-state index is 13.0. The van der Waals surface area contributed by atoms with E-state index in [-0.39, 0.29) is 36.0 Å². The number of aromatic nitrogens is 2. The van der Waals surface area contributed by atoms with Crippen LogP contribution in [0.2, 0.25) is 0 Å². The van der Waals surface area contributed by atoms with Crippen LogP contribution >= 0.6 is 0 Å². The Hall–Kier alpha value is -2.84. The lowest BCUT2D eigenvalue weighted by Gasteiger charge is -2.24. The summed E-state index contributed by atoms with van der Waals surface area (Å²) >= 11 is 0. The highest BCUT2D eigenvalue weighted by atomic mass is 19.4. The molecule has 158 valence electrons. The summed E-state index contributed by atoms with van der Waals surface area (Å²) in [6.45, 7) is 6.10. The number of carbonyl (C=O) groups is 2. The molecule has 0 aliphatic rings. The van der Waals surface area contributed by atoms with Crippen LogP contribution < -0.4 is 0 Å². The fourth-order valence-electron chi connectivity index (χ4n) is 2.91. The number of halogens is 3. The standard InChI is InChI=1S/C20H24F3N3O3/c1-13(2)12-25(9-8-18(27)29-4)19(28)17-11-24-26(14(17)3)16-7-5-6-15(10-16)20(21,22)23/h5-7,10-11,13H,8-9,12H2,1-4H3. The molecule has 0 saturated carbocycles. The lowest BCUT2D eigenvalue weighted by molar-refractivity contribution is -0.141. The highest BCUT2D eigenvalue weighted by Crippen LogP contribution is 2.30. The van der Waals surface area contributed by atoms with Crippen LogP contribution in [-0.2, 0) is 15.7 Å². The first-order chi connectivity index (χ1) is 13.5. The second kappa shape index (κ2) is 9.11. The van der Waals surface area contributed by atoms with Gasteiger partial charge in [-0.1, -0.05) is 19.9 Å². The van der Waals surface area contributed by atoms with Crippen molar-refractivity contribution in [2.45, 2.75) is 33.4 Å². The van der Waals surface area contributed by atoms with Gasteiger partial charge in [-0.05, 0) is 31.0 Å². The van der Waals surface area contributed by atoms with Crippen LogP contribution in [0.15, 0.2) is 30.5 Å². The Labute approximate surface area is 167 Å². The molecule has 1 aromatic heterocycles. The molecule has 0 fully saturated rings. The molecule has 0 saturated heterocycles. The second-order valence-electron chi connectivity index (χ2n) is 7.07. The molecule has 1 heterocycles. The Bertz CT molecular complexity index is 875. The predicted molar refractivity (Wildman–Crippen MR) is 101 cm³/mol. The molecule has 0 spiro atoms. The maximum atomic E-state index is 13.0. The fourth-order valence-corrected chi connectivity index (χ4v) is 2.91. The van der Waals surface area contributed by atoms with E-state index in [4.69, 9.17) is 0 Å². The largest absolute Gasteiger partial charge is 0.469 e. The van der Waals surface area contributed by atoms with Crippen LogP contribution in [0, 0.1) is 12.8 Å². The molecule has 0 unspecified atom stereocenters. The van der Waals surface area contributed by atoms with E-state index >= 15 is 0 Å². The number of esters is 1. The van der Waals surface area contributed by atoms with E-state index in [2.05, 4.69) is 9.84 Å². The Kier molecular flexibility index (Phi) is 7.05. The van der Waals surface area contributed by atoms with Gasteiger partial charge in [0.05, 0.1) is 42.2 Å². The van der Waals surface area contributed by atoms with Gasteiger partial charge in [0.1, 0.15) is 0 Å². The van der Waals surface area contributed by atoms with Gasteiger partial charge in [-0.15, -0.1) is 0 Å². The first-order valence-corrected chi connectivity index (χ1v) is 9.13. The Morgan fingerprint density at radius 3 is 2.55 bits per heavy atom. The Morgan fingerprint density at radius 1 is 1.28 bits per heavy atom. The minimum atomic E-state index is -4.47. The molecule has 1 aromatic carbocycles. The van der Waals surface area contributed by atoms with Crippen molar-refractivity contribution >= 4 is 11.9 Å². The van der Waals surface area contributed by atoms with E-state index in [0.29, 0.717) is 12.2 Å². The van der Waals surface area contributed by atoms with Crippen molar-refractivity contribution in [3.05, 3.63) is 47.3 Å². The van der Waals surface area contributed by atoms with E-state index in [1.165, 1.54) is 35.0 Å². The molecule has 0 radical (unpaired) electrons. The lowest BCUT2D eigenvalue weighted by Crippen LogP contribution is -2.36. The first-order valence-electron chi connectivity index (χ1n) is 9.13. The molecule has 29 heavy (non-hydrogen) atoms. The Morgan fingerprint density at radius 2 is 1.97 bits per heavy atom. The van der Waals surface area contributed by atoms with E-state index in [0.717, 1.165) is 12.1 Å². The van der Waals surface area contributed by atoms with Gasteiger partial charge < -0.3 is 9.64 Å². The second-order valence-corrected chi connectivity index (χ2v) is 7.07. The number of methoxy groups -OCH3 is 1. The average Bonchev–Trinajstić information content (AvgIpc) is 3.04. The number of nitrogens with zero attached hydrogens (tertiary/aromatic N) is 3. The zero-order valence-electron chi connectivity index (χ0n) is 16.8. The van der Waals surface area contributed by atoms with Gasteiger partial charge in [-0.25, -0.2) is 4.68 Å². The van der Waals surface area contributed by atoms with Crippen molar-refractivity contribution < 1.29 is 27.5 Å². The molecule has 6 nitrogen and oxygen atoms in total. The van der Waals surface area contributed by atoms with Gasteiger partial charge in [0.25, 0.3) is 5.91 Å². The van der Waals surface area contributed by atoms with Crippen molar-refractivity contribution in [1.82, 2.24) is 14.7 Å². The summed E-state index contributed by atoms with van der Waals surface area (Å²) in [5, 5.41) is 4.11. The fraction of sp³-hybridized carbons (Fsp3) is 0.450. The number of amides is 1. The number of ether oxygens (including phenoxy) is 1. The van der Waals surface area contributed by atoms with Crippen molar-refractivity contribution in [2.24, 2.45) is 5.92 Å². The van der Waals surface area contributed by atoms with Crippen LogP contribution in [0.25, 0.3) is 5.69 Å². The van der Waals surface area contributed by atoms with E-state index in [1.807, 2.05) is 13.8 Å². The third-order valence-electron chi connectivity index (χ3n) is 4.34. The summed E-state index contributed by atoms with van der Waals surface area (Å²) in [6.07, 6.45) is -3.09. The monoisotopic (exact) mass is 411 g/mol. The summed E-state index contributed by atoms with van der Waals surface area (Å²) in [6, 6.07) is 4.75. The molecule has 9 heteroatoms. The summed E-state index contributed by atoms with van der Waals surface area (Å²) in [4.78, 5) is 26.0. The molecule has 0 bridgehead atoms. The van der Waals surface area contributed by atoms with Crippen LogP contribution in [0.5, 0.6) is 0 Å². The predicted octanol–water partition coefficient (Wildman–Crippen LogP) is 3.86. The minimum Gasteiger partial charge on any atom is -0.469 e. The number of carbonyl (C=O) groups excluding carboxylic acids is 2. The summed E-state index contributed by atoms with van der Waals surface area (Å²) in [5.74, 6) is -0.600. The lowest BCUT2D eigenvalue weighted by atomic mass is 10.1. The molecular weight excluding hydrogens is 387 g/mol. The number of alkyl halides is 3. The molecule has 0 aliphatic carbocycles. The summed E-state index contributed by atoms with van der Waals surface area (Å²) < 4.78 is 44.9. The van der Waals surface area contributed by atoms with Gasteiger partial charge >= 0.3 is 12.1 Å². The first kappa shape index (κ1) is 22.4. The Balaban J connectivity index is 2.32. The number of rotatable bonds is 7. The highest BCUT2D eigenvalue weighted by Gasteiger charge is 2.31. The van der Waals surface area contributed by atoms with Crippen LogP contribution in [0.1, 0.15) is 41.9 Å². The number of hydrogen-bond acceptors (Lipinski definition) is 4. The zero-order valence-corrected chi connectivity index (χ0v) is 16.8. The molecule has 0 atom stereocenters. The summed E-state index contributed by atoms with van der Waals surface area (Å²) in [5.41, 5.74) is 0.104. The molecule has 1 amide bonds. The topological polar surface area (TPSA) is 64.4 Å². The van der Waals surface area contributed by atoms with E-state index in [1.54, 1.807) is 6.92 Å². The van der Waals surface area contributed by atoms with Crippen molar-refractivity contribution in [2.75, 3.05) is 20.2 Å². The quantitative estimate of drug-likeness (QED) is 0.649. The molecular formula is C20H24F3N3O3. The van der Waals surface area contributed by atoms with E-state index < -0.39 is 17.7 Å². The third-order valence-corrected chi connectivity index (χ3v) is 4.34. The minimum absolute atomic E-state index is 0.0514.